The smallest absolute Gasteiger partial charge is 0.281 e. The molecule has 3 aromatic rings. The molecular weight excluding hydrogens is 363 g/mol. The third-order valence-corrected chi connectivity index (χ3v) is 5.10. The van der Waals surface area contributed by atoms with Crippen molar-refractivity contribution >= 4 is 50.7 Å². The van der Waals surface area contributed by atoms with Gasteiger partial charge in [-0.05, 0) is 36.8 Å². The summed E-state index contributed by atoms with van der Waals surface area (Å²) in [5.41, 5.74) is 2.38. The highest BCUT2D eigenvalue weighted by Crippen LogP contribution is 2.23. The van der Waals surface area contributed by atoms with E-state index in [2.05, 4.69) is 10.9 Å². The van der Waals surface area contributed by atoms with E-state index in [4.69, 9.17) is 29.6 Å². The molecule has 2 aromatic carbocycles. The number of rotatable bonds is 2. The van der Waals surface area contributed by atoms with Crippen LogP contribution < -0.4 is 4.80 Å². The summed E-state index contributed by atoms with van der Waals surface area (Å²) < 4.78 is 2.90. The van der Waals surface area contributed by atoms with Crippen LogP contribution in [0.5, 0.6) is 0 Å². The minimum Gasteiger partial charge on any atom is -0.304 e. The lowest BCUT2D eigenvalue weighted by molar-refractivity contribution is 0.0998. The molecule has 1 amide bonds. The van der Waals surface area contributed by atoms with E-state index in [0.717, 1.165) is 15.8 Å². The Kier molecular flexibility index (Phi) is 4.77. The second-order valence-electron chi connectivity index (χ2n) is 5.14. The van der Waals surface area contributed by atoms with Gasteiger partial charge in [-0.15, -0.1) is 6.42 Å². The number of amides is 1. The second-order valence-corrected chi connectivity index (χ2v) is 6.99. The van der Waals surface area contributed by atoms with Crippen LogP contribution in [-0.4, -0.2) is 10.5 Å². The van der Waals surface area contributed by atoms with Crippen LogP contribution in [0.2, 0.25) is 10.0 Å². The third kappa shape index (κ3) is 3.11. The number of thiazole rings is 1. The summed E-state index contributed by atoms with van der Waals surface area (Å²) in [6, 6.07) is 10.7. The maximum atomic E-state index is 12.5. The van der Waals surface area contributed by atoms with E-state index in [1.807, 2.05) is 29.7 Å². The molecule has 0 atom stereocenters. The fourth-order valence-corrected chi connectivity index (χ4v) is 4.04. The number of carbonyl (C=O) groups is 1. The van der Waals surface area contributed by atoms with Gasteiger partial charge in [-0.1, -0.05) is 52.6 Å². The van der Waals surface area contributed by atoms with Gasteiger partial charge in [-0.25, -0.2) is 0 Å². The predicted molar refractivity (Wildman–Crippen MR) is 99.7 cm³/mol. The Balaban J connectivity index is 2.19. The Morgan fingerprint density at radius 1 is 1.33 bits per heavy atom. The average Bonchev–Trinajstić information content (AvgIpc) is 2.86. The van der Waals surface area contributed by atoms with Crippen molar-refractivity contribution in [2.45, 2.75) is 13.5 Å². The molecule has 0 fully saturated rings. The van der Waals surface area contributed by atoms with Gasteiger partial charge in [-0.3, -0.25) is 4.79 Å². The van der Waals surface area contributed by atoms with E-state index < -0.39 is 5.91 Å². The highest BCUT2D eigenvalue weighted by molar-refractivity contribution is 7.16. The van der Waals surface area contributed by atoms with Crippen molar-refractivity contribution in [3.8, 4) is 12.3 Å². The van der Waals surface area contributed by atoms with E-state index in [9.17, 15) is 4.79 Å². The van der Waals surface area contributed by atoms with E-state index in [0.29, 0.717) is 21.9 Å². The van der Waals surface area contributed by atoms with Gasteiger partial charge in [0.1, 0.15) is 0 Å². The quantitative estimate of drug-likeness (QED) is 0.599. The van der Waals surface area contributed by atoms with Gasteiger partial charge >= 0.3 is 0 Å². The van der Waals surface area contributed by atoms with Crippen LogP contribution in [-0.2, 0) is 6.54 Å². The molecule has 0 saturated heterocycles. The number of hydrogen-bond donors (Lipinski definition) is 0. The molecular formula is C18H12Cl2N2OS. The first-order valence-electron chi connectivity index (χ1n) is 7.08. The van der Waals surface area contributed by atoms with Gasteiger partial charge in [0.15, 0.2) is 4.80 Å². The Bertz CT molecular complexity index is 1060. The Morgan fingerprint density at radius 3 is 2.83 bits per heavy atom. The molecule has 120 valence electrons. The fourth-order valence-electron chi connectivity index (χ4n) is 2.44. The SMILES string of the molecule is C#CCn1c(=NC(=O)c2ccc(Cl)cc2Cl)sc2cccc(C)c21. The standard InChI is InChI=1S/C18H12Cl2N2OS/c1-3-9-22-16-11(2)5-4-6-15(16)24-18(22)21-17(23)13-8-7-12(19)10-14(13)20/h1,4-8,10H,9H2,2H3. The van der Waals surface area contributed by atoms with Crippen molar-refractivity contribution in [1.82, 2.24) is 4.57 Å². The van der Waals surface area contributed by atoms with Crippen molar-refractivity contribution in [1.29, 1.82) is 0 Å². The van der Waals surface area contributed by atoms with Gasteiger partial charge in [0.2, 0.25) is 0 Å². The minimum atomic E-state index is -0.424. The van der Waals surface area contributed by atoms with E-state index in [-0.39, 0.29) is 5.02 Å². The maximum absolute atomic E-state index is 12.5. The minimum absolute atomic E-state index is 0.275. The third-order valence-electron chi connectivity index (χ3n) is 3.51. The summed E-state index contributed by atoms with van der Waals surface area (Å²) in [5.74, 6) is 2.19. The molecule has 24 heavy (non-hydrogen) atoms. The van der Waals surface area contributed by atoms with Gasteiger partial charge in [0.25, 0.3) is 5.91 Å². The number of terminal acetylenes is 1. The molecule has 0 radical (unpaired) electrons. The van der Waals surface area contributed by atoms with Crippen LogP contribution in [0.3, 0.4) is 0 Å². The van der Waals surface area contributed by atoms with Gasteiger partial charge < -0.3 is 4.57 Å². The summed E-state index contributed by atoms with van der Waals surface area (Å²) in [6.45, 7) is 2.34. The van der Waals surface area contributed by atoms with Gasteiger partial charge in [0, 0.05) is 5.02 Å². The number of fused-ring (bicyclic) bond motifs is 1. The second kappa shape index (κ2) is 6.82. The molecule has 0 aliphatic carbocycles. The number of aryl methyl sites for hydroxylation is 1. The lowest BCUT2D eigenvalue weighted by atomic mass is 10.2. The summed E-state index contributed by atoms with van der Waals surface area (Å²) in [5, 5.41) is 0.744. The van der Waals surface area contributed by atoms with Gasteiger partial charge in [-0.2, -0.15) is 4.99 Å². The van der Waals surface area contributed by atoms with E-state index in [1.54, 1.807) is 12.1 Å². The van der Waals surface area contributed by atoms with Crippen LogP contribution in [0, 0.1) is 19.3 Å². The maximum Gasteiger partial charge on any atom is 0.281 e. The molecule has 0 bridgehead atoms. The zero-order valence-electron chi connectivity index (χ0n) is 12.7. The lowest BCUT2D eigenvalue weighted by Crippen LogP contribution is -2.17. The fraction of sp³-hybridized carbons (Fsp3) is 0.111. The Hall–Kier alpha value is -2.06. The normalized spacial score (nSPS) is 11.7. The first kappa shape index (κ1) is 16.8. The predicted octanol–water partition coefficient (Wildman–Crippen LogP) is 4.69. The number of nitrogens with zero attached hydrogens (tertiary/aromatic N) is 2. The molecule has 1 aromatic heterocycles. The molecule has 3 nitrogen and oxygen atoms in total. The number of aromatic nitrogens is 1. The van der Waals surface area contributed by atoms with E-state index >= 15 is 0 Å². The zero-order chi connectivity index (χ0) is 17.3. The topological polar surface area (TPSA) is 34.4 Å². The van der Waals surface area contributed by atoms with Crippen LogP contribution >= 0.6 is 34.5 Å². The molecule has 0 N–H and O–H groups in total. The summed E-state index contributed by atoms with van der Waals surface area (Å²) in [4.78, 5) is 17.3. The largest absolute Gasteiger partial charge is 0.304 e. The van der Waals surface area contributed by atoms with Crippen LogP contribution in [0.15, 0.2) is 41.4 Å². The van der Waals surface area contributed by atoms with E-state index in [1.165, 1.54) is 17.4 Å². The number of para-hydroxylation sites is 1. The number of benzene rings is 2. The molecule has 0 saturated carbocycles. The van der Waals surface area contributed by atoms with Crippen molar-refractivity contribution in [3.63, 3.8) is 0 Å². The van der Waals surface area contributed by atoms with Crippen molar-refractivity contribution in [3.05, 3.63) is 62.4 Å². The first-order valence-corrected chi connectivity index (χ1v) is 8.65. The molecule has 0 aliphatic heterocycles. The molecule has 0 spiro atoms. The Labute approximate surface area is 153 Å². The van der Waals surface area contributed by atoms with Crippen molar-refractivity contribution in [2.75, 3.05) is 0 Å². The molecule has 0 aliphatic rings. The van der Waals surface area contributed by atoms with Crippen molar-refractivity contribution < 1.29 is 4.79 Å². The molecule has 6 heteroatoms. The molecule has 0 unspecified atom stereocenters. The Morgan fingerprint density at radius 2 is 2.12 bits per heavy atom. The highest BCUT2D eigenvalue weighted by Gasteiger charge is 2.12. The van der Waals surface area contributed by atoms with Gasteiger partial charge in [0.05, 0.1) is 27.3 Å². The van der Waals surface area contributed by atoms with Crippen LogP contribution in [0.25, 0.3) is 10.2 Å². The van der Waals surface area contributed by atoms with Crippen LogP contribution in [0.4, 0.5) is 0 Å². The molecule has 3 rings (SSSR count). The zero-order valence-corrected chi connectivity index (χ0v) is 15.0. The number of carbonyl (C=O) groups excluding carboxylic acids is 1. The number of halogens is 2. The summed E-state index contributed by atoms with van der Waals surface area (Å²) in [7, 11) is 0. The van der Waals surface area contributed by atoms with Crippen LogP contribution in [0.1, 0.15) is 15.9 Å². The monoisotopic (exact) mass is 374 g/mol. The number of hydrogen-bond acceptors (Lipinski definition) is 2. The highest BCUT2D eigenvalue weighted by atomic mass is 35.5. The van der Waals surface area contributed by atoms with Crippen molar-refractivity contribution in [2.24, 2.45) is 4.99 Å². The first-order chi connectivity index (χ1) is 11.5. The average molecular weight is 375 g/mol. The summed E-state index contributed by atoms with van der Waals surface area (Å²) in [6.07, 6.45) is 5.48. The summed E-state index contributed by atoms with van der Waals surface area (Å²) >= 11 is 13.4. The molecule has 1 heterocycles. The lowest BCUT2D eigenvalue weighted by Gasteiger charge is -2.03.